The minimum atomic E-state index is -0.977. The van der Waals surface area contributed by atoms with Gasteiger partial charge in [0, 0.05) is 24.9 Å². The number of pyridine rings is 1. The summed E-state index contributed by atoms with van der Waals surface area (Å²) in [6.45, 7) is 4.28. The number of fused-ring (bicyclic) bond motifs is 1. The lowest BCUT2D eigenvalue weighted by Crippen LogP contribution is -2.37. The maximum atomic E-state index is 10.9. The molecule has 0 saturated heterocycles. The Morgan fingerprint density at radius 2 is 2.11 bits per heavy atom. The van der Waals surface area contributed by atoms with E-state index in [-0.39, 0.29) is 12.5 Å². The first-order valence-electron chi connectivity index (χ1n) is 6.14. The average molecular weight is 245 g/mol. The second-order valence-electron chi connectivity index (χ2n) is 4.91. The van der Waals surface area contributed by atoms with E-state index in [2.05, 4.69) is 4.98 Å². The molecule has 0 bridgehead atoms. The first kappa shape index (κ1) is 13.0. The Balaban J connectivity index is 2.64. The van der Waals surface area contributed by atoms with Crippen molar-refractivity contribution in [2.75, 3.05) is 13.7 Å². The van der Waals surface area contributed by atoms with E-state index in [9.17, 15) is 5.11 Å². The van der Waals surface area contributed by atoms with Crippen molar-refractivity contribution in [3.05, 3.63) is 42.2 Å². The molecule has 1 aromatic heterocycles. The van der Waals surface area contributed by atoms with Crippen molar-refractivity contribution in [1.82, 2.24) is 4.98 Å². The number of methoxy groups -OCH3 is 1. The smallest absolute Gasteiger partial charge is 0.116 e. The monoisotopic (exact) mass is 245 g/mol. The van der Waals surface area contributed by atoms with Crippen LogP contribution in [0, 0.1) is 5.92 Å². The summed E-state index contributed by atoms with van der Waals surface area (Å²) in [4.78, 5) is 4.11. The minimum Gasteiger partial charge on any atom is -0.382 e. The molecule has 96 valence electrons. The normalized spacial score (nSPS) is 14.9. The van der Waals surface area contributed by atoms with Gasteiger partial charge < -0.3 is 9.84 Å². The molecule has 1 unspecified atom stereocenters. The van der Waals surface area contributed by atoms with Crippen molar-refractivity contribution in [1.29, 1.82) is 0 Å². The van der Waals surface area contributed by atoms with E-state index >= 15 is 0 Å². The van der Waals surface area contributed by atoms with Crippen LogP contribution < -0.4 is 0 Å². The second kappa shape index (κ2) is 5.04. The number of aliphatic hydroxyl groups is 1. The Hall–Kier alpha value is -1.45. The summed E-state index contributed by atoms with van der Waals surface area (Å²) in [5.41, 5.74) is -0.0745. The highest BCUT2D eigenvalue weighted by Crippen LogP contribution is 2.34. The van der Waals surface area contributed by atoms with Crippen molar-refractivity contribution < 1.29 is 9.84 Å². The van der Waals surface area contributed by atoms with Crippen LogP contribution in [0.1, 0.15) is 19.4 Å². The lowest BCUT2D eigenvalue weighted by atomic mass is 9.82. The van der Waals surface area contributed by atoms with Gasteiger partial charge in [0.1, 0.15) is 5.60 Å². The van der Waals surface area contributed by atoms with Gasteiger partial charge in [-0.25, -0.2) is 0 Å². The summed E-state index contributed by atoms with van der Waals surface area (Å²) in [6, 6.07) is 7.84. The fourth-order valence-corrected chi connectivity index (χ4v) is 2.28. The zero-order valence-corrected chi connectivity index (χ0v) is 11.1. The number of hydrogen-bond donors (Lipinski definition) is 1. The zero-order chi connectivity index (χ0) is 13.2. The van der Waals surface area contributed by atoms with Crippen LogP contribution in [0.25, 0.3) is 10.8 Å². The van der Waals surface area contributed by atoms with Crippen LogP contribution >= 0.6 is 0 Å². The summed E-state index contributed by atoms with van der Waals surface area (Å²) in [6.07, 6.45) is 3.56. The molecule has 2 rings (SSSR count). The third kappa shape index (κ3) is 2.11. The molecule has 3 heteroatoms. The third-order valence-electron chi connectivity index (χ3n) is 3.47. The summed E-state index contributed by atoms with van der Waals surface area (Å²) < 4.78 is 5.21. The maximum absolute atomic E-state index is 10.9. The van der Waals surface area contributed by atoms with E-state index < -0.39 is 5.60 Å². The maximum Gasteiger partial charge on any atom is 0.116 e. The van der Waals surface area contributed by atoms with Crippen molar-refractivity contribution in [3.63, 3.8) is 0 Å². The molecular weight excluding hydrogens is 226 g/mol. The van der Waals surface area contributed by atoms with E-state index in [1.807, 2.05) is 44.3 Å². The SMILES string of the molecule is COCC(O)(c1cccc2cnccc12)C(C)C. The van der Waals surface area contributed by atoms with Gasteiger partial charge in [-0.2, -0.15) is 0 Å². The molecule has 1 heterocycles. The summed E-state index contributed by atoms with van der Waals surface area (Å²) >= 11 is 0. The fraction of sp³-hybridized carbons (Fsp3) is 0.400. The van der Waals surface area contributed by atoms with Crippen LogP contribution in [0.3, 0.4) is 0 Å². The Bertz CT molecular complexity index is 534. The first-order valence-corrected chi connectivity index (χ1v) is 6.14. The second-order valence-corrected chi connectivity index (χ2v) is 4.91. The summed E-state index contributed by atoms with van der Waals surface area (Å²) in [5.74, 6) is 0.0659. The number of rotatable bonds is 4. The molecule has 0 aliphatic carbocycles. The Morgan fingerprint density at radius 3 is 2.78 bits per heavy atom. The lowest BCUT2D eigenvalue weighted by Gasteiger charge is -2.33. The number of benzene rings is 1. The number of nitrogens with zero attached hydrogens (tertiary/aromatic N) is 1. The molecule has 0 fully saturated rings. The van der Waals surface area contributed by atoms with Crippen molar-refractivity contribution >= 4 is 10.8 Å². The predicted molar refractivity (Wildman–Crippen MR) is 72.4 cm³/mol. The van der Waals surface area contributed by atoms with Gasteiger partial charge in [0.15, 0.2) is 0 Å². The quantitative estimate of drug-likeness (QED) is 0.900. The summed E-state index contributed by atoms with van der Waals surface area (Å²) in [5, 5.41) is 13.0. The highest BCUT2D eigenvalue weighted by Gasteiger charge is 2.34. The van der Waals surface area contributed by atoms with Crippen molar-refractivity contribution in [2.45, 2.75) is 19.4 Å². The van der Waals surface area contributed by atoms with Crippen molar-refractivity contribution in [3.8, 4) is 0 Å². The third-order valence-corrected chi connectivity index (χ3v) is 3.47. The minimum absolute atomic E-state index is 0.0659. The number of ether oxygens (including phenoxy) is 1. The van der Waals surface area contributed by atoms with Crippen LogP contribution in [-0.2, 0) is 10.3 Å². The Kier molecular flexibility index (Phi) is 3.64. The van der Waals surface area contributed by atoms with Gasteiger partial charge >= 0.3 is 0 Å². The first-order chi connectivity index (χ1) is 8.59. The predicted octanol–water partition coefficient (Wildman–Crippen LogP) is 2.72. The molecule has 0 saturated carbocycles. The van der Waals surface area contributed by atoms with Crippen LogP contribution in [0.15, 0.2) is 36.7 Å². The van der Waals surface area contributed by atoms with Gasteiger partial charge in [0.05, 0.1) is 6.61 Å². The van der Waals surface area contributed by atoms with Gasteiger partial charge in [-0.1, -0.05) is 32.0 Å². The molecule has 2 aromatic rings. The molecule has 1 N–H and O–H groups in total. The van der Waals surface area contributed by atoms with Gasteiger partial charge in [-0.15, -0.1) is 0 Å². The van der Waals surface area contributed by atoms with Crippen LogP contribution in [-0.4, -0.2) is 23.8 Å². The number of aromatic nitrogens is 1. The van der Waals surface area contributed by atoms with Gasteiger partial charge in [0.2, 0.25) is 0 Å². The highest BCUT2D eigenvalue weighted by atomic mass is 16.5. The van der Waals surface area contributed by atoms with Gasteiger partial charge in [-0.3, -0.25) is 4.98 Å². The fourth-order valence-electron chi connectivity index (χ4n) is 2.28. The van der Waals surface area contributed by atoms with Gasteiger partial charge in [0.25, 0.3) is 0 Å². The van der Waals surface area contributed by atoms with E-state index in [1.165, 1.54) is 0 Å². The van der Waals surface area contributed by atoms with E-state index in [1.54, 1.807) is 13.3 Å². The molecule has 0 spiro atoms. The molecule has 0 aliphatic heterocycles. The molecular formula is C15H19NO2. The highest BCUT2D eigenvalue weighted by molar-refractivity contribution is 5.85. The van der Waals surface area contributed by atoms with Gasteiger partial charge in [-0.05, 0) is 22.9 Å². The molecule has 18 heavy (non-hydrogen) atoms. The molecule has 3 nitrogen and oxygen atoms in total. The van der Waals surface area contributed by atoms with Crippen LogP contribution in [0.2, 0.25) is 0 Å². The van der Waals surface area contributed by atoms with Crippen molar-refractivity contribution in [2.24, 2.45) is 5.92 Å². The molecule has 1 atom stereocenters. The molecule has 0 radical (unpaired) electrons. The van der Waals surface area contributed by atoms with E-state index in [4.69, 9.17) is 4.74 Å². The summed E-state index contributed by atoms with van der Waals surface area (Å²) in [7, 11) is 1.61. The molecule has 0 aliphatic rings. The average Bonchev–Trinajstić information content (AvgIpc) is 2.38. The zero-order valence-electron chi connectivity index (χ0n) is 11.1. The van der Waals surface area contributed by atoms with Crippen LogP contribution in [0.5, 0.6) is 0 Å². The molecule has 0 amide bonds. The largest absolute Gasteiger partial charge is 0.382 e. The molecule has 1 aromatic carbocycles. The number of hydrogen-bond acceptors (Lipinski definition) is 3. The van der Waals surface area contributed by atoms with Crippen LogP contribution in [0.4, 0.5) is 0 Å². The Labute approximate surface area is 107 Å². The van der Waals surface area contributed by atoms with E-state index in [0.717, 1.165) is 16.3 Å². The topological polar surface area (TPSA) is 42.4 Å². The Morgan fingerprint density at radius 1 is 1.33 bits per heavy atom. The standard InChI is InChI=1S/C15H19NO2/c1-11(2)15(17,10-18-3)14-6-4-5-12-9-16-8-7-13(12)14/h4-9,11,17H,10H2,1-3H3. The van der Waals surface area contributed by atoms with E-state index in [0.29, 0.717) is 0 Å². The lowest BCUT2D eigenvalue weighted by molar-refractivity contribution is -0.0689.